The Hall–Kier alpha value is -0.920. The molecule has 2 rings (SSSR count). The van der Waals surface area contributed by atoms with Gasteiger partial charge in [0, 0.05) is 19.0 Å². The lowest BCUT2D eigenvalue weighted by Gasteiger charge is -2.29. The van der Waals surface area contributed by atoms with Gasteiger partial charge < -0.3 is 10.3 Å². The molecule has 18 heavy (non-hydrogen) atoms. The van der Waals surface area contributed by atoms with E-state index < -0.39 is 10.0 Å². The van der Waals surface area contributed by atoms with E-state index in [0.29, 0.717) is 24.7 Å². The number of imidazole rings is 1. The number of rotatable bonds is 4. The molecule has 1 fully saturated rings. The van der Waals surface area contributed by atoms with Crippen molar-refractivity contribution in [3.8, 4) is 0 Å². The number of H-pyrrole nitrogens is 1. The molecule has 0 bridgehead atoms. The van der Waals surface area contributed by atoms with Gasteiger partial charge in [-0.2, -0.15) is 0 Å². The minimum atomic E-state index is -3.49. The largest absolute Gasteiger partial charge is 0.332 e. The smallest absolute Gasteiger partial charge is 0.257 e. The molecule has 0 saturated carbocycles. The third-order valence-electron chi connectivity index (χ3n) is 3.36. The fourth-order valence-electron chi connectivity index (χ4n) is 2.07. The first-order chi connectivity index (χ1) is 8.53. The molecule has 2 unspecified atom stereocenters. The number of aryl methyl sites for hydroxylation is 1. The van der Waals surface area contributed by atoms with E-state index in [1.54, 1.807) is 0 Å². The van der Waals surface area contributed by atoms with E-state index in [1.807, 2.05) is 6.92 Å². The van der Waals surface area contributed by atoms with Gasteiger partial charge in [0.15, 0.2) is 5.03 Å². The Morgan fingerprint density at radius 3 is 2.94 bits per heavy atom. The Balaban J connectivity index is 2.11. The van der Waals surface area contributed by atoms with Crippen LogP contribution < -0.4 is 10.0 Å². The highest BCUT2D eigenvalue weighted by Crippen LogP contribution is 2.14. The lowest BCUT2D eigenvalue weighted by atomic mass is 9.96. The van der Waals surface area contributed by atoms with Crippen molar-refractivity contribution < 1.29 is 8.42 Å². The Bertz CT molecular complexity index is 497. The predicted octanol–water partition coefficient (Wildman–Crippen LogP) is 0.248. The molecule has 2 heterocycles. The van der Waals surface area contributed by atoms with Crippen LogP contribution in [0.2, 0.25) is 0 Å². The second kappa shape index (κ2) is 5.38. The van der Waals surface area contributed by atoms with Gasteiger partial charge in [0.05, 0.1) is 6.20 Å². The minimum absolute atomic E-state index is 0.0582. The molecule has 0 aromatic carbocycles. The number of nitrogens with one attached hydrogen (secondary N) is 3. The summed E-state index contributed by atoms with van der Waals surface area (Å²) in [5, 5.41) is 3.35. The van der Waals surface area contributed by atoms with Crippen molar-refractivity contribution in [2.75, 3.05) is 13.1 Å². The van der Waals surface area contributed by atoms with Crippen LogP contribution in [0.1, 0.15) is 26.1 Å². The summed E-state index contributed by atoms with van der Waals surface area (Å²) in [5.74, 6) is 1.03. The highest BCUT2D eigenvalue weighted by molar-refractivity contribution is 7.89. The van der Waals surface area contributed by atoms with E-state index in [4.69, 9.17) is 0 Å². The molecule has 0 aliphatic carbocycles. The Morgan fingerprint density at radius 2 is 2.33 bits per heavy atom. The molecule has 6 nitrogen and oxygen atoms in total. The van der Waals surface area contributed by atoms with Crippen molar-refractivity contribution in [1.82, 2.24) is 20.0 Å². The topological polar surface area (TPSA) is 86.9 Å². The van der Waals surface area contributed by atoms with Crippen molar-refractivity contribution in [2.45, 2.75) is 37.8 Å². The first-order valence-corrected chi connectivity index (χ1v) is 7.78. The average Bonchev–Trinajstić information content (AvgIpc) is 2.81. The molecule has 1 aliphatic heterocycles. The zero-order chi connectivity index (χ0) is 13.2. The van der Waals surface area contributed by atoms with E-state index in [-0.39, 0.29) is 11.1 Å². The summed E-state index contributed by atoms with van der Waals surface area (Å²) < 4.78 is 27.1. The van der Waals surface area contributed by atoms with E-state index in [0.717, 1.165) is 13.0 Å². The van der Waals surface area contributed by atoms with Gasteiger partial charge in [0.1, 0.15) is 5.82 Å². The van der Waals surface area contributed by atoms with Gasteiger partial charge in [-0.05, 0) is 18.9 Å². The van der Waals surface area contributed by atoms with Crippen LogP contribution in [0.3, 0.4) is 0 Å². The summed E-state index contributed by atoms with van der Waals surface area (Å²) in [5.41, 5.74) is 0. The first-order valence-electron chi connectivity index (χ1n) is 6.30. The third-order valence-corrected chi connectivity index (χ3v) is 4.76. The number of nitrogens with zero attached hydrogens (tertiary/aromatic N) is 1. The second-order valence-corrected chi connectivity index (χ2v) is 6.43. The van der Waals surface area contributed by atoms with Crippen LogP contribution in [-0.4, -0.2) is 37.5 Å². The maximum atomic E-state index is 12.2. The molecule has 2 atom stereocenters. The first kappa shape index (κ1) is 13.5. The molecule has 0 amide bonds. The fraction of sp³-hybridized carbons (Fsp3) is 0.727. The maximum absolute atomic E-state index is 12.2. The summed E-state index contributed by atoms with van der Waals surface area (Å²) >= 11 is 0. The molecule has 1 aromatic rings. The van der Waals surface area contributed by atoms with E-state index >= 15 is 0 Å². The van der Waals surface area contributed by atoms with Crippen LogP contribution in [0.25, 0.3) is 0 Å². The molecular formula is C11H20N4O2S. The molecule has 1 saturated heterocycles. The minimum Gasteiger partial charge on any atom is -0.332 e. The lowest BCUT2D eigenvalue weighted by molar-refractivity contribution is 0.327. The summed E-state index contributed by atoms with van der Waals surface area (Å²) in [6.45, 7) is 5.62. The van der Waals surface area contributed by atoms with Gasteiger partial charge in [-0.25, -0.2) is 18.1 Å². The van der Waals surface area contributed by atoms with Crippen LogP contribution in [-0.2, 0) is 16.4 Å². The molecule has 102 valence electrons. The second-order valence-electron chi connectivity index (χ2n) is 4.75. The lowest BCUT2D eigenvalue weighted by Crippen LogP contribution is -2.50. The van der Waals surface area contributed by atoms with Crippen molar-refractivity contribution >= 4 is 10.0 Å². The Morgan fingerprint density at radius 1 is 1.56 bits per heavy atom. The molecule has 1 aromatic heterocycles. The number of aromatic nitrogens is 2. The molecule has 0 spiro atoms. The van der Waals surface area contributed by atoms with Crippen molar-refractivity contribution in [2.24, 2.45) is 5.92 Å². The quantitative estimate of drug-likeness (QED) is 0.733. The molecule has 0 radical (unpaired) electrons. The monoisotopic (exact) mass is 272 g/mol. The van der Waals surface area contributed by atoms with Crippen LogP contribution in [0.5, 0.6) is 0 Å². The predicted molar refractivity (Wildman–Crippen MR) is 68.7 cm³/mol. The van der Waals surface area contributed by atoms with Gasteiger partial charge in [-0.3, -0.25) is 0 Å². The van der Waals surface area contributed by atoms with E-state index in [2.05, 4.69) is 26.9 Å². The zero-order valence-corrected chi connectivity index (χ0v) is 11.5. The average molecular weight is 272 g/mol. The number of hydrogen-bond acceptors (Lipinski definition) is 4. The van der Waals surface area contributed by atoms with Crippen molar-refractivity contribution in [1.29, 1.82) is 0 Å². The molecule has 1 aliphatic rings. The van der Waals surface area contributed by atoms with Crippen molar-refractivity contribution in [3.63, 3.8) is 0 Å². The highest BCUT2D eigenvalue weighted by Gasteiger charge is 2.27. The molecule has 7 heteroatoms. The van der Waals surface area contributed by atoms with Gasteiger partial charge >= 0.3 is 0 Å². The van der Waals surface area contributed by atoms with Crippen molar-refractivity contribution in [3.05, 3.63) is 12.0 Å². The molecular weight excluding hydrogens is 252 g/mol. The zero-order valence-electron chi connectivity index (χ0n) is 10.7. The van der Waals surface area contributed by atoms with Crippen LogP contribution in [0.15, 0.2) is 11.2 Å². The van der Waals surface area contributed by atoms with Crippen LogP contribution in [0, 0.1) is 5.92 Å². The summed E-state index contributed by atoms with van der Waals surface area (Å²) in [7, 11) is -3.49. The Kier molecular flexibility index (Phi) is 4.04. The number of aromatic amines is 1. The van der Waals surface area contributed by atoms with Crippen LogP contribution in [0.4, 0.5) is 0 Å². The van der Waals surface area contributed by atoms with E-state index in [9.17, 15) is 8.42 Å². The molecule has 3 N–H and O–H groups in total. The number of sulfonamides is 1. The summed E-state index contributed by atoms with van der Waals surface area (Å²) in [6.07, 6.45) is 3.05. The third kappa shape index (κ3) is 2.90. The Labute approximate surface area is 108 Å². The van der Waals surface area contributed by atoms with Gasteiger partial charge in [-0.1, -0.05) is 13.8 Å². The number of hydrogen-bond donors (Lipinski definition) is 3. The fourth-order valence-corrected chi connectivity index (χ4v) is 3.35. The number of piperidine rings is 1. The summed E-state index contributed by atoms with van der Waals surface area (Å²) in [6, 6.07) is -0.0582. The highest BCUT2D eigenvalue weighted by atomic mass is 32.2. The summed E-state index contributed by atoms with van der Waals surface area (Å²) in [4.78, 5) is 6.85. The van der Waals surface area contributed by atoms with Gasteiger partial charge in [0.25, 0.3) is 10.0 Å². The van der Waals surface area contributed by atoms with E-state index in [1.165, 1.54) is 6.20 Å². The SMILES string of the molecule is CCc1ncc(S(=O)(=O)NC2CNCCC2C)[nH]1. The normalized spacial score (nSPS) is 25.2. The van der Waals surface area contributed by atoms with Crippen LogP contribution >= 0.6 is 0 Å². The maximum Gasteiger partial charge on any atom is 0.257 e. The van der Waals surface area contributed by atoms with Gasteiger partial charge in [-0.15, -0.1) is 0 Å². The standard InChI is InChI=1S/C11H20N4O2S/c1-3-10-13-7-11(14-10)18(16,17)15-9-6-12-5-4-8(9)2/h7-9,12,15H,3-6H2,1-2H3,(H,13,14). The van der Waals surface area contributed by atoms with Gasteiger partial charge in [0.2, 0.25) is 0 Å².